The van der Waals surface area contributed by atoms with Gasteiger partial charge in [0, 0.05) is 5.56 Å². The highest BCUT2D eigenvalue weighted by molar-refractivity contribution is 5.62. The number of nitrogens with zero attached hydrogens (tertiary/aromatic N) is 2. The van der Waals surface area contributed by atoms with Crippen LogP contribution in [0.3, 0.4) is 0 Å². The minimum atomic E-state index is 1.12. The Morgan fingerprint density at radius 2 is 1.68 bits per heavy atom. The molecule has 19 heavy (non-hydrogen) atoms. The van der Waals surface area contributed by atoms with E-state index in [1.807, 2.05) is 16.9 Å². The Kier molecular flexibility index (Phi) is 2.92. The molecule has 2 nitrogen and oxygen atoms in total. The number of benzene rings is 2. The lowest BCUT2D eigenvalue weighted by Crippen LogP contribution is -2.01. The highest BCUT2D eigenvalue weighted by Gasteiger charge is 2.09. The molecule has 0 radical (unpaired) electrons. The van der Waals surface area contributed by atoms with Crippen LogP contribution in [0.4, 0.5) is 0 Å². The van der Waals surface area contributed by atoms with Gasteiger partial charge in [-0.3, -0.25) is 0 Å². The van der Waals surface area contributed by atoms with Crippen LogP contribution in [0.25, 0.3) is 16.9 Å². The number of aryl methyl sites for hydroxylation is 2. The van der Waals surface area contributed by atoms with Crippen molar-refractivity contribution in [1.82, 2.24) is 9.78 Å². The molecule has 0 atom stereocenters. The normalized spacial score (nSPS) is 10.6. The topological polar surface area (TPSA) is 17.8 Å². The van der Waals surface area contributed by atoms with E-state index in [4.69, 9.17) is 0 Å². The summed E-state index contributed by atoms with van der Waals surface area (Å²) in [5.74, 6) is 0. The van der Waals surface area contributed by atoms with E-state index < -0.39 is 0 Å². The summed E-state index contributed by atoms with van der Waals surface area (Å²) in [6.07, 6.45) is 1.85. The fraction of sp³-hybridized carbons (Fsp3) is 0.118. The van der Waals surface area contributed by atoms with E-state index in [1.54, 1.807) is 0 Å². The Labute approximate surface area is 113 Å². The van der Waals surface area contributed by atoms with Gasteiger partial charge in [-0.05, 0) is 37.1 Å². The second-order valence-corrected chi connectivity index (χ2v) is 4.78. The molecule has 0 saturated carbocycles. The van der Waals surface area contributed by atoms with E-state index in [0.717, 1.165) is 11.4 Å². The van der Waals surface area contributed by atoms with Gasteiger partial charge in [-0.15, -0.1) is 0 Å². The summed E-state index contributed by atoms with van der Waals surface area (Å²) in [6.45, 7) is 4.22. The first-order valence-corrected chi connectivity index (χ1v) is 6.43. The van der Waals surface area contributed by atoms with Crippen molar-refractivity contribution in [2.75, 3.05) is 0 Å². The van der Waals surface area contributed by atoms with E-state index in [2.05, 4.69) is 67.5 Å². The molecule has 0 saturated heterocycles. The summed E-state index contributed by atoms with van der Waals surface area (Å²) < 4.78 is 2.01. The third-order valence-electron chi connectivity index (χ3n) is 3.31. The molecule has 3 rings (SSSR count). The van der Waals surface area contributed by atoms with E-state index in [-0.39, 0.29) is 0 Å². The molecule has 0 aliphatic heterocycles. The Morgan fingerprint density at radius 3 is 2.47 bits per heavy atom. The van der Waals surface area contributed by atoms with Crippen LogP contribution in [0, 0.1) is 13.8 Å². The van der Waals surface area contributed by atoms with E-state index >= 15 is 0 Å². The molecule has 3 aromatic rings. The van der Waals surface area contributed by atoms with Gasteiger partial charge in [0.05, 0.1) is 17.6 Å². The van der Waals surface area contributed by atoms with Crippen molar-refractivity contribution in [3.8, 4) is 16.9 Å². The molecule has 0 aliphatic rings. The molecule has 2 heteroatoms. The number of hydrogen-bond donors (Lipinski definition) is 0. The van der Waals surface area contributed by atoms with Crippen LogP contribution >= 0.6 is 0 Å². The lowest BCUT2D eigenvalue weighted by atomic mass is 10.1. The van der Waals surface area contributed by atoms with Crippen molar-refractivity contribution in [2.45, 2.75) is 13.8 Å². The minimum Gasteiger partial charge on any atom is -0.233 e. The lowest BCUT2D eigenvalue weighted by molar-refractivity contribution is 0.878. The van der Waals surface area contributed by atoms with Gasteiger partial charge >= 0.3 is 0 Å². The van der Waals surface area contributed by atoms with Crippen molar-refractivity contribution in [2.24, 2.45) is 0 Å². The highest BCUT2D eigenvalue weighted by Crippen LogP contribution is 2.24. The first kappa shape index (κ1) is 11.7. The maximum Gasteiger partial charge on any atom is 0.0741 e. The zero-order chi connectivity index (χ0) is 13.2. The first-order valence-electron chi connectivity index (χ1n) is 6.43. The summed E-state index contributed by atoms with van der Waals surface area (Å²) in [6, 6.07) is 18.8. The average molecular weight is 248 g/mol. The maximum atomic E-state index is 4.48. The Bertz CT molecular complexity index is 696. The first-order chi connectivity index (χ1) is 9.25. The van der Waals surface area contributed by atoms with Crippen molar-refractivity contribution in [1.29, 1.82) is 0 Å². The van der Waals surface area contributed by atoms with Gasteiger partial charge in [-0.25, -0.2) is 4.68 Å². The minimum absolute atomic E-state index is 1.12. The molecule has 2 aromatic carbocycles. The third kappa shape index (κ3) is 2.17. The molecule has 0 N–H and O–H groups in total. The fourth-order valence-electron chi connectivity index (χ4n) is 2.27. The lowest BCUT2D eigenvalue weighted by Gasteiger charge is -2.11. The zero-order valence-corrected chi connectivity index (χ0v) is 11.2. The largest absolute Gasteiger partial charge is 0.233 e. The van der Waals surface area contributed by atoms with Crippen LogP contribution in [0.5, 0.6) is 0 Å². The van der Waals surface area contributed by atoms with Crippen molar-refractivity contribution in [3.05, 3.63) is 71.9 Å². The summed E-state index contributed by atoms with van der Waals surface area (Å²) >= 11 is 0. The Morgan fingerprint density at radius 1 is 0.895 bits per heavy atom. The maximum absolute atomic E-state index is 4.48. The second kappa shape index (κ2) is 4.73. The summed E-state index contributed by atoms with van der Waals surface area (Å²) in [7, 11) is 0. The van der Waals surface area contributed by atoms with Gasteiger partial charge < -0.3 is 0 Å². The smallest absolute Gasteiger partial charge is 0.0741 e. The van der Waals surface area contributed by atoms with Gasteiger partial charge in [0.25, 0.3) is 0 Å². The number of rotatable bonds is 2. The van der Waals surface area contributed by atoms with Gasteiger partial charge in [0.2, 0.25) is 0 Å². The van der Waals surface area contributed by atoms with Crippen LogP contribution in [-0.4, -0.2) is 9.78 Å². The highest BCUT2D eigenvalue weighted by atomic mass is 15.3. The number of aromatic nitrogens is 2. The van der Waals surface area contributed by atoms with E-state index in [9.17, 15) is 0 Å². The number of hydrogen-bond acceptors (Lipinski definition) is 1. The molecule has 1 aromatic heterocycles. The molecule has 1 heterocycles. The van der Waals surface area contributed by atoms with Gasteiger partial charge in [-0.1, -0.05) is 42.5 Å². The standard InChI is InChI=1S/C17H16N2/c1-13-8-9-14(2)17(12-13)19-16(10-11-18-19)15-6-4-3-5-7-15/h3-12H,1-2H3. The van der Waals surface area contributed by atoms with Crippen LogP contribution in [0.15, 0.2) is 60.8 Å². The van der Waals surface area contributed by atoms with Crippen molar-refractivity contribution < 1.29 is 0 Å². The van der Waals surface area contributed by atoms with Gasteiger partial charge in [0.15, 0.2) is 0 Å². The zero-order valence-electron chi connectivity index (χ0n) is 11.2. The Hall–Kier alpha value is -2.35. The third-order valence-corrected chi connectivity index (χ3v) is 3.31. The molecule has 94 valence electrons. The molecule has 0 aliphatic carbocycles. The SMILES string of the molecule is Cc1ccc(C)c(-n2nccc2-c2ccccc2)c1. The molecular formula is C17H16N2. The summed E-state index contributed by atoms with van der Waals surface area (Å²) in [5, 5.41) is 4.48. The van der Waals surface area contributed by atoms with Crippen LogP contribution in [0.2, 0.25) is 0 Å². The molecule has 0 unspecified atom stereocenters. The predicted molar refractivity (Wildman–Crippen MR) is 78.5 cm³/mol. The Balaban J connectivity index is 2.18. The summed E-state index contributed by atoms with van der Waals surface area (Å²) in [5.41, 5.74) is 5.92. The van der Waals surface area contributed by atoms with E-state index in [1.165, 1.54) is 16.7 Å². The quantitative estimate of drug-likeness (QED) is 0.666. The van der Waals surface area contributed by atoms with Crippen LogP contribution < -0.4 is 0 Å². The second-order valence-electron chi connectivity index (χ2n) is 4.78. The van der Waals surface area contributed by atoms with Crippen molar-refractivity contribution in [3.63, 3.8) is 0 Å². The summed E-state index contributed by atoms with van der Waals surface area (Å²) in [4.78, 5) is 0. The average Bonchev–Trinajstić information content (AvgIpc) is 2.91. The predicted octanol–water partition coefficient (Wildman–Crippen LogP) is 4.16. The molecule has 0 fully saturated rings. The fourth-order valence-corrected chi connectivity index (χ4v) is 2.27. The molecule has 0 amide bonds. The van der Waals surface area contributed by atoms with E-state index in [0.29, 0.717) is 0 Å². The molecule has 0 bridgehead atoms. The molecular weight excluding hydrogens is 232 g/mol. The van der Waals surface area contributed by atoms with Gasteiger partial charge in [-0.2, -0.15) is 5.10 Å². The van der Waals surface area contributed by atoms with Crippen LogP contribution in [-0.2, 0) is 0 Å². The monoisotopic (exact) mass is 248 g/mol. The van der Waals surface area contributed by atoms with Crippen LogP contribution in [0.1, 0.15) is 11.1 Å². The van der Waals surface area contributed by atoms with Crippen molar-refractivity contribution >= 4 is 0 Å². The van der Waals surface area contributed by atoms with Gasteiger partial charge in [0.1, 0.15) is 0 Å². The molecule has 0 spiro atoms.